The third-order valence-corrected chi connectivity index (χ3v) is 5.33. The van der Waals surface area contributed by atoms with Crippen LogP contribution in [0.5, 0.6) is 5.75 Å². The Morgan fingerprint density at radius 1 is 1.00 bits per heavy atom. The molecule has 27 heavy (non-hydrogen) atoms. The number of carbonyl (C=O) groups excluding carboxylic acids is 1. The van der Waals surface area contributed by atoms with E-state index < -0.39 is 0 Å². The Balaban J connectivity index is 1.35. The number of phenols is 1. The highest BCUT2D eigenvalue weighted by Gasteiger charge is 2.23. The predicted molar refractivity (Wildman–Crippen MR) is 108 cm³/mol. The molecule has 0 unspecified atom stereocenters. The lowest BCUT2D eigenvalue weighted by atomic mass is 10.2. The summed E-state index contributed by atoms with van der Waals surface area (Å²) >= 11 is 1.42. The van der Waals surface area contributed by atoms with Crippen LogP contribution in [0.3, 0.4) is 0 Å². The number of benzene rings is 2. The fraction of sp³-hybridized carbons (Fsp3) is 0.200. The molecule has 3 aromatic rings. The van der Waals surface area contributed by atoms with Crippen LogP contribution in [0, 0.1) is 0 Å². The fourth-order valence-corrected chi connectivity index (χ4v) is 3.83. The first-order valence-electron chi connectivity index (χ1n) is 8.80. The summed E-state index contributed by atoms with van der Waals surface area (Å²) in [6, 6.07) is 17.0. The molecule has 138 valence electrons. The van der Waals surface area contributed by atoms with Crippen LogP contribution in [0.25, 0.3) is 11.3 Å². The van der Waals surface area contributed by atoms with Gasteiger partial charge in [-0.25, -0.2) is 9.78 Å². The molecule has 0 saturated carbocycles. The predicted octanol–water partition coefficient (Wildman–Crippen LogP) is 3.87. The van der Waals surface area contributed by atoms with Crippen LogP contribution in [0.2, 0.25) is 0 Å². The number of aromatic hydroxyl groups is 1. The second-order valence-corrected chi connectivity index (χ2v) is 7.15. The maximum absolute atomic E-state index is 12.5. The molecule has 2 N–H and O–H groups in total. The van der Waals surface area contributed by atoms with E-state index in [0.29, 0.717) is 31.3 Å². The Morgan fingerprint density at radius 3 is 2.44 bits per heavy atom. The normalized spacial score (nSPS) is 14.2. The number of rotatable bonds is 3. The van der Waals surface area contributed by atoms with E-state index in [9.17, 15) is 9.90 Å². The van der Waals surface area contributed by atoms with Gasteiger partial charge < -0.3 is 14.9 Å². The Hall–Kier alpha value is -3.06. The van der Waals surface area contributed by atoms with Crippen LogP contribution in [-0.2, 0) is 0 Å². The summed E-state index contributed by atoms with van der Waals surface area (Å²) in [7, 11) is 0. The molecule has 0 aliphatic carbocycles. The third kappa shape index (κ3) is 3.88. The van der Waals surface area contributed by atoms with Crippen molar-refractivity contribution in [3.8, 4) is 17.0 Å². The summed E-state index contributed by atoms with van der Waals surface area (Å²) in [6.45, 7) is 2.55. The number of hydrogen-bond donors (Lipinski definition) is 2. The summed E-state index contributed by atoms with van der Waals surface area (Å²) in [5.74, 6) is 0.270. The van der Waals surface area contributed by atoms with E-state index in [4.69, 9.17) is 0 Å². The van der Waals surface area contributed by atoms with Crippen LogP contribution < -0.4 is 10.2 Å². The average Bonchev–Trinajstić information content (AvgIpc) is 3.18. The second-order valence-electron chi connectivity index (χ2n) is 6.30. The van der Waals surface area contributed by atoms with Gasteiger partial charge in [0.05, 0.1) is 11.4 Å². The zero-order valence-electron chi connectivity index (χ0n) is 14.7. The first-order valence-corrected chi connectivity index (χ1v) is 9.68. The lowest BCUT2D eigenvalue weighted by Crippen LogP contribution is -2.50. The van der Waals surface area contributed by atoms with Crippen LogP contribution in [0.1, 0.15) is 0 Å². The topological polar surface area (TPSA) is 68.7 Å². The minimum absolute atomic E-state index is 0.138. The van der Waals surface area contributed by atoms with Crippen molar-refractivity contribution >= 4 is 28.2 Å². The van der Waals surface area contributed by atoms with Crippen molar-refractivity contribution in [2.75, 3.05) is 36.4 Å². The molecule has 4 rings (SSSR count). The maximum Gasteiger partial charge on any atom is 0.323 e. The van der Waals surface area contributed by atoms with Gasteiger partial charge in [-0.05, 0) is 12.1 Å². The zero-order chi connectivity index (χ0) is 18.6. The van der Waals surface area contributed by atoms with Crippen LogP contribution >= 0.6 is 11.3 Å². The maximum atomic E-state index is 12.5. The van der Waals surface area contributed by atoms with Gasteiger partial charge in [0.15, 0.2) is 5.13 Å². The number of phenolic OH excluding ortho intramolecular Hbond substituents is 1. The molecule has 2 heterocycles. The van der Waals surface area contributed by atoms with E-state index in [-0.39, 0.29) is 11.8 Å². The van der Waals surface area contributed by atoms with E-state index in [1.807, 2.05) is 47.8 Å². The summed E-state index contributed by atoms with van der Waals surface area (Å²) in [6.07, 6.45) is 0. The van der Waals surface area contributed by atoms with E-state index >= 15 is 0 Å². The van der Waals surface area contributed by atoms with Gasteiger partial charge in [-0.1, -0.05) is 42.5 Å². The number of amides is 2. The van der Waals surface area contributed by atoms with Crippen molar-refractivity contribution in [2.24, 2.45) is 0 Å². The molecule has 0 radical (unpaired) electrons. The fourth-order valence-electron chi connectivity index (χ4n) is 3.13. The number of anilines is 2. The molecule has 1 aromatic heterocycles. The number of thiazole rings is 1. The molecule has 1 saturated heterocycles. The van der Waals surface area contributed by atoms with Crippen molar-refractivity contribution in [1.29, 1.82) is 0 Å². The van der Waals surface area contributed by atoms with Gasteiger partial charge in [0.1, 0.15) is 5.75 Å². The van der Waals surface area contributed by atoms with Crippen LogP contribution in [0.4, 0.5) is 15.6 Å². The van der Waals surface area contributed by atoms with E-state index in [1.165, 1.54) is 11.3 Å². The van der Waals surface area contributed by atoms with Gasteiger partial charge in [-0.2, -0.15) is 0 Å². The summed E-state index contributed by atoms with van der Waals surface area (Å²) in [5, 5.41) is 15.4. The number of para-hydroxylation sites is 2. The van der Waals surface area contributed by atoms with Gasteiger partial charge in [-0.15, -0.1) is 11.3 Å². The highest BCUT2D eigenvalue weighted by atomic mass is 32.1. The van der Waals surface area contributed by atoms with E-state index in [0.717, 1.165) is 16.9 Å². The Morgan fingerprint density at radius 2 is 1.70 bits per heavy atom. The lowest BCUT2D eigenvalue weighted by Gasteiger charge is -2.36. The summed E-state index contributed by atoms with van der Waals surface area (Å²) in [5.41, 5.74) is 2.70. The van der Waals surface area contributed by atoms with Crippen molar-refractivity contribution in [3.05, 3.63) is 60.0 Å². The summed E-state index contributed by atoms with van der Waals surface area (Å²) in [4.78, 5) is 20.9. The van der Waals surface area contributed by atoms with Crippen LogP contribution in [-0.4, -0.2) is 47.2 Å². The van der Waals surface area contributed by atoms with Gasteiger partial charge in [0.25, 0.3) is 0 Å². The Bertz CT molecular complexity index is 920. The van der Waals surface area contributed by atoms with Crippen molar-refractivity contribution in [2.45, 2.75) is 0 Å². The lowest BCUT2D eigenvalue weighted by molar-refractivity contribution is 0.208. The van der Waals surface area contributed by atoms with Crippen molar-refractivity contribution in [1.82, 2.24) is 9.88 Å². The molecule has 2 amide bonds. The number of aromatic nitrogens is 1. The molecular formula is C20H20N4O2S. The number of urea groups is 1. The number of nitrogens with zero attached hydrogens (tertiary/aromatic N) is 3. The monoisotopic (exact) mass is 380 g/mol. The molecule has 6 nitrogen and oxygen atoms in total. The van der Waals surface area contributed by atoms with Crippen LogP contribution in [0.15, 0.2) is 60.0 Å². The molecule has 0 bridgehead atoms. The molecule has 0 atom stereocenters. The molecule has 2 aromatic carbocycles. The highest BCUT2D eigenvalue weighted by Crippen LogP contribution is 2.28. The average molecular weight is 380 g/mol. The second kappa shape index (κ2) is 7.67. The first kappa shape index (κ1) is 17.4. The van der Waals surface area contributed by atoms with Gasteiger partial charge in [-0.3, -0.25) is 5.32 Å². The molecule has 0 spiro atoms. The quantitative estimate of drug-likeness (QED) is 0.724. The largest absolute Gasteiger partial charge is 0.506 e. The number of hydrogen-bond acceptors (Lipinski definition) is 5. The minimum Gasteiger partial charge on any atom is -0.506 e. The standard InChI is InChI=1S/C20H20N4O2S/c25-18-9-5-4-8-17(18)23-10-12-24(13-11-23)20(26)22-19-21-16(14-27-19)15-6-2-1-3-7-15/h1-9,14,25H,10-13H2,(H,21,22,26). The van der Waals surface area contributed by atoms with Crippen molar-refractivity contribution < 1.29 is 9.90 Å². The summed E-state index contributed by atoms with van der Waals surface area (Å²) < 4.78 is 0. The van der Waals surface area contributed by atoms with E-state index in [1.54, 1.807) is 17.0 Å². The van der Waals surface area contributed by atoms with Gasteiger partial charge >= 0.3 is 6.03 Å². The third-order valence-electron chi connectivity index (χ3n) is 4.58. The van der Waals surface area contributed by atoms with Gasteiger partial charge in [0.2, 0.25) is 0 Å². The highest BCUT2D eigenvalue weighted by molar-refractivity contribution is 7.14. The Labute approximate surface area is 161 Å². The molecule has 7 heteroatoms. The smallest absolute Gasteiger partial charge is 0.323 e. The number of piperazine rings is 1. The SMILES string of the molecule is O=C(Nc1nc(-c2ccccc2)cs1)N1CCN(c2ccccc2O)CC1. The molecule has 1 fully saturated rings. The van der Waals surface area contributed by atoms with Crippen molar-refractivity contribution in [3.63, 3.8) is 0 Å². The molecular weight excluding hydrogens is 360 g/mol. The molecule has 1 aliphatic heterocycles. The number of nitrogens with one attached hydrogen (secondary N) is 1. The van der Waals surface area contributed by atoms with Gasteiger partial charge in [0, 0.05) is 37.1 Å². The number of carbonyl (C=O) groups is 1. The minimum atomic E-state index is -0.138. The molecule has 1 aliphatic rings. The zero-order valence-corrected chi connectivity index (χ0v) is 15.5. The van der Waals surface area contributed by atoms with E-state index in [2.05, 4.69) is 15.2 Å². The Kier molecular flexibility index (Phi) is 4.93. The first-order chi connectivity index (χ1) is 13.2.